The number of furan rings is 1. The zero-order chi connectivity index (χ0) is 27.8. The molecule has 0 radical (unpaired) electrons. The fourth-order valence-electron chi connectivity index (χ4n) is 4.50. The Morgan fingerprint density at radius 2 is 1.92 bits per heavy atom. The number of benzene rings is 2. The average Bonchev–Trinajstić information content (AvgIpc) is 3.62. The number of para-hydroxylation sites is 1. The lowest BCUT2D eigenvalue weighted by Gasteiger charge is -2.24. The number of aliphatic hydroxyl groups excluding tert-OH is 1. The molecular formula is C28H24N2O8S. The highest BCUT2D eigenvalue weighted by molar-refractivity contribution is 7.17. The number of fused-ring (bicyclic) bond motifs is 1. The number of aryl methyl sites for hydroxylation is 1. The van der Waals surface area contributed by atoms with Gasteiger partial charge in [-0.05, 0) is 43.7 Å². The van der Waals surface area contributed by atoms with Crippen LogP contribution in [0, 0.1) is 6.92 Å². The van der Waals surface area contributed by atoms with Gasteiger partial charge in [-0.2, -0.15) is 0 Å². The van der Waals surface area contributed by atoms with E-state index in [2.05, 4.69) is 4.98 Å². The van der Waals surface area contributed by atoms with Gasteiger partial charge in [0, 0.05) is 5.39 Å². The molecule has 0 saturated carbocycles. The van der Waals surface area contributed by atoms with E-state index in [1.54, 1.807) is 49.4 Å². The van der Waals surface area contributed by atoms with Crippen molar-refractivity contribution < 1.29 is 38.1 Å². The van der Waals surface area contributed by atoms with Crippen LogP contribution in [0.4, 0.5) is 5.13 Å². The van der Waals surface area contributed by atoms with Crippen LogP contribution in [0.25, 0.3) is 11.0 Å². The zero-order valence-corrected chi connectivity index (χ0v) is 22.3. The second-order valence-corrected chi connectivity index (χ2v) is 9.54. The van der Waals surface area contributed by atoms with E-state index >= 15 is 0 Å². The third-order valence-corrected chi connectivity index (χ3v) is 7.39. The number of aliphatic hydroxyl groups is 1. The SMILES string of the molecule is CCOc1cccc(C2C(C(=O)c3cc4cccc(OC)c4o3)=C(O)C(=O)N2c2nc(C)c(C(=O)OC)s2)c1. The molecule has 1 unspecified atom stereocenters. The molecule has 1 amide bonds. The first kappa shape index (κ1) is 26.0. The number of Topliss-reactive ketones (excluding diaryl/α,β-unsaturated/α-hetero) is 1. The van der Waals surface area contributed by atoms with Gasteiger partial charge in [-0.15, -0.1) is 0 Å². The van der Waals surface area contributed by atoms with Crippen LogP contribution in [0.2, 0.25) is 0 Å². The summed E-state index contributed by atoms with van der Waals surface area (Å²) in [6.07, 6.45) is 0. The van der Waals surface area contributed by atoms with Crippen LogP contribution in [0.15, 0.2) is 64.3 Å². The number of esters is 1. The summed E-state index contributed by atoms with van der Waals surface area (Å²) in [6.45, 7) is 3.85. The van der Waals surface area contributed by atoms with E-state index in [4.69, 9.17) is 18.6 Å². The number of anilines is 1. The number of amides is 1. The Hall–Kier alpha value is -4.64. The van der Waals surface area contributed by atoms with Crippen molar-refractivity contribution in [2.45, 2.75) is 19.9 Å². The summed E-state index contributed by atoms with van der Waals surface area (Å²) in [5.41, 5.74) is 1.000. The lowest BCUT2D eigenvalue weighted by molar-refractivity contribution is -0.117. The molecule has 0 bridgehead atoms. The Balaban J connectivity index is 1.67. The molecule has 10 nitrogen and oxygen atoms in total. The van der Waals surface area contributed by atoms with Crippen molar-refractivity contribution in [3.8, 4) is 11.5 Å². The molecule has 5 rings (SSSR count). The van der Waals surface area contributed by atoms with Gasteiger partial charge in [0.2, 0.25) is 5.78 Å². The summed E-state index contributed by atoms with van der Waals surface area (Å²) in [6, 6.07) is 12.5. The number of carbonyl (C=O) groups excluding carboxylic acids is 3. The average molecular weight is 549 g/mol. The maximum atomic E-state index is 13.9. The Kier molecular flexibility index (Phi) is 6.83. The smallest absolute Gasteiger partial charge is 0.350 e. The normalized spacial score (nSPS) is 15.2. The molecule has 0 fully saturated rings. The number of nitrogens with zero attached hydrogens (tertiary/aromatic N) is 2. The van der Waals surface area contributed by atoms with E-state index in [0.29, 0.717) is 40.3 Å². The van der Waals surface area contributed by atoms with Gasteiger partial charge >= 0.3 is 5.97 Å². The minimum atomic E-state index is -1.09. The number of ether oxygens (including phenoxy) is 3. The van der Waals surface area contributed by atoms with Gasteiger partial charge < -0.3 is 23.7 Å². The topological polar surface area (TPSA) is 128 Å². The Morgan fingerprint density at radius 3 is 2.64 bits per heavy atom. The van der Waals surface area contributed by atoms with E-state index in [1.807, 2.05) is 6.92 Å². The van der Waals surface area contributed by atoms with Crippen molar-refractivity contribution in [2.75, 3.05) is 25.7 Å². The van der Waals surface area contributed by atoms with Gasteiger partial charge in [0.05, 0.1) is 38.1 Å². The predicted molar refractivity (Wildman–Crippen MR) is 143 cm³/mol. The van der Waals surface area contributed by atoms with Gasteiger partial charge in [-0.3, -0.25) is 14.5 Å². The number of rotatable bonds is 8. The highest BCUT2D eigenvalue weighted by atomic mass is 32.1. The Labute approximate surface area is 227 Å². The van der Waals surface area contributed by atoms with Gasteiger partial charge in [-0.1, -0.05) is 35.6 Å². The predicted octanol–water partition coefficient (Wildman–Crippen LogP) is 5.17. The first-order valence-electron chi connectivity index (χ1n) is 11.9. The van der Waals surface area contributed by atoms with Crippen molar-refractivity contribution in [1.82, 2.24) is 4.98 Å². The van der Waals surface area contributed by atoms with Crippen molar-refractivity contribution in [3.63, 3.8) is 0 Å². The van der Waals surface area contributed by atoms with Crippen molar-refractivity contribution in [1.29, 1.82) is 0 Å². The van der Waals surface area contributed by atoms with Crippen LogP contribution in [0.5, 0.6) is 11.5 Å². The molecule has 1 aliphatic heterocycles. The van der Waals surface area contributed by atoms with Gasteiger partial charge in [0.1, 0.15) is 10.6 Å². The minimum absolute atomic E-state index is 0.0813. The molecule has 1 N–H and O–H groups in total. The molecule has 11 heteroatoms. The van der Waals surface area contributed by atoms with E-state index < -0.39 is 29.5 Å². The molecule has 0 spiro atoms. The van der Waals surface area contributed by atoms with Crippen LogP contribution in [0.1, 0.15) is 44.4 Å². The highest BCUT2D eigenvalue weighted by Crippen LogP contribution is 2.45. The quantitative estimate of drug-likeness (QED) is 0.234. The van der Waals surface area contributed by atoms with E-state index in [-0.39, 0.29) is 21.3 Å². The third kappa shape index (κ3) is 4.40. The van der Waals surface area contributed by atoms with Crippen molar-refractivity contribution in [3.05, 3.63) is 81.8 Å². The van der Waals surface area contributed by atoms with E-state index in [1.165, 1.54) is 25.2 Å². The van der Waals surface area contributed by atoms with Crippen LogP contribution >= 0.6 is 11.3 Å². The number of aromatic nitrogens is 1. The summed E-state index contributed by atoms with van der Waals surface area (Å²) >= 11 is 0.926. The van der Waals surface area contributed by atoms with Crippen LogP contribution in [0.3, 0.4) is 0 Å². The van der Waals surface area contributed by atoms with Crippen molar-refractivity contribution >= 4 is 45.1 Å². The molecule has 2 aromatic heterocycles. The number of hydrogen-bond donors (Lipinski definition) is 1. The summed E-state index contributed by atoms with van der Waals surface area (Å²) in [5.74, 6) is -2.02. The number of carbonyl (C=O) groups is 3. The fourth-order valence-corrected chi connectivity index (χ4v) is 5.51. The molecule has 0 aliphatic carbocycles. The summed E-state index contributed by atoms with van der Waals surface area (Å²) < 4.78 is 21.7. The Morgan fingerprint density at radius 1 is 1.15 bits per heavy atom. The largest absolute Gasteiger partial charge is 0.503 e. The van der Waals surface area contributed by atoms with Gasteiger partial charge in [0.25, 0.3) is 5.91 Å². The van der Waals surface area contributed by atoms with Gasteiger partial charge in [0.15, 0.2) is 28.0 Å². The molecule has 0 saturated heterocycles. The molecule has 1 aliphatic rings. The second kappa shape index (κ2) is 10.3. The van der Waals surface area contributed by atoms with Crippen molar-refractivity contribution in [2.24, 2.45) is 0 Å². The second-order valence-electron chi connectivity index (χ2n) is 8.57. The van der Waals surface area contributed by atoms with Crippen LogP contribution in [-0.4, -0.2) is 48.6 Å². The summed E-state index contributed by atoms with van der Waals surface area (Å²) in [7, 11) is 2.73. The molecule has 200 valence electrons. The molecule has 1 atom stereocenters. The van der Waals surface area contributed by atoms with Crippen LogP contribution in [-0.2, 0) is 9.53 Å². The van der Waals surface area contributed by atoms with Crippen LogP contribution < -0.4 is 14.4 Å². The monoisotopic (exact) mass is 548 g/mol. The lowest BCUT2D eigenvalue weighted by Crippen LogP contribution is -2.31. The van der Waals surface area contributed by atoms with Gasteiger partial charge in [-0.25, -0.2) is 9.78 Å². The number of ketones is 1. The first-order valence-corrected chi connectivity index (χ1v) is 12.8. The molecule has 4 aromatic rings. The number of hydrogen-bond acceptors (Lipinski definition) is 10. The summed E-state index contributed by atoms with van der Waals surface area (Å²) in [5, 5.41) is 11.8. The first-order chi connectivity index (χ1) is 18.8. The number of methoxy groups -OCH3 is 2. The summed E-state index contributed by atoms with van der Waals surface area (Å²) in [4.78, 5) is 45.5. The molecule has 3 heterocycles. The maximum absolute atomic E-state index is 13.9. The molecule has 39 heavy (non-hydrogen) atoms. The van der Waals surface area contributed by atoms with E-state index in [9.17, 15) is 19.5 Å². The highest BCUT2D eigenvalue weighted by Gasteiger charge is 2.47. The fraction of sp³-hybridized carbons (Fsp3) is 0.214. The lowest BCUT2D eigenvalue weighted by atomic mass is 9.95. The van der Waals surface area contributed by atoms with E-state index in [0.717, 1.165) is 11.3 Å². The molecular weight excluding hydrogens is 524 g/mol. The Bertz CT molecular complexity index is 1650. The molecule has 2 aromatic carbocycles. The third-order valence-electron chi connectivity index (χ3n) is 6.25. The number of thiazole rings is 1. The standard InChI is InChI=1S/C28H24N2O8S/c1-5-37-17-10-6-8-15(12-17)21-20(22(31)19-13-16-9-7-11-18(35-3)24(16)38-19)23(32)26(33)30(21)28-29-14(2)25(39-28)27(34)36-4/h6-13,21,32H,5H2,1-4H3. The maximum Gasteiger partial charge on any atom is 0.350 e. The minimum Gasteiger partial charge on any atom is -0.503 e. The zero-order valence-electron chi connectivity index (χ0n) is 21.5.